The molecule has 2 rings (SSSR count). The van der Waals surface area contributed by atoms with Crippen molar-refractivity contribution in [3.05, 3.63) is 53.5 Å². The molecule has 0 spiro atoms. The van der Waals surface area contributed by atoms with E-state index in [0.29, 0.717) is 22.8 Å². The zero-order valence-electron chi connectivity index (χ0n) is 13.3. The summed E-state index contributed by atoms with van der Waals surface area (Å²) in [5.41, 5.74) is -0.238. The van der Waals surface area contributed by atoms with E-state index in [1.165, 1.54) is 6.92 Å². The Kier molecular flexibility index (Phi) is 4.86. The first-order valence-electron chi connectivity index (χ1n) is 7.23. The second-order valence-corrected chi connectivity index (χ2v) is 5.63. The predicted octanol–water partition coefficient (Wildman–Crippen LogP) is 2.18. The van der Waals surface area contributed by atoms with Gasteiger partial charge in [-0.15, -0.1) is 0 Å². The van der Waals surface area contributed by atoms with Crippen LogP contribution in [0.5, 0.6) is 0 Å². The lowest BCUT2D eigenvalue weighted by molar-refractivity contribution is -0.114. The Morgan fingerprint density at radius 3 is 2.35 bits per heavy atom. The molecule has 0 aliphatic heterocycles. The molecule has 0 bridgehead atoms. The number of hydrogen-bond donors (Lipinski definition) is 3. The second kappa shape index (κ2) is 6.66. The predicted molar refractivity (Wildman–Crippen MR) is 86.1 cm³/mol. The van der Waals surface area contributed by atoms with Gasteiger partial charge in [-0.05, 0) is 50.2 Å². The van der Waals surface area contributed by atoms with Crippen molar-refractivity contribution in [3.63, 3.8) is 0 Å². The summed E-state index contributed by atoms with van der Waals surface area (Å²) >= 11 is 0. The number of aryl methyl sites for hydroxylation is 1. The lowest BCUT2D eigenvalue weighted by Gasteiger charge is -2.21. The summed E-state index contributed by atoms with van der Waals surface area (Å²) in [4.78, 5) is 23.1. The number of hydrogen-bond acceptors (Lipinski definition) is 4. The number of rotatable bonds is 5. The number of carbonyl (C=O) groups excluding carboxylic acids is 2. The van der Waals surface area contributed by atoms with Crippen LogP contribution < -0.4 is 10.6 Å². The molecule has 0 unspecified atom stereocenters. The fourth-order valence-corrected chi connectivity index (χ4v) is 2.07. The van der Waals surface area contributed by atoms with Gasteiger partial charge >= 0.3 is 0 Å². The smallest absolute Gasteiger partial charge is 0.251 e. The molecule has 1 aromatic heterocycles. The molecule has 0 radical (unpaired) electrons. The summed E-state index contributed by atoms with van der Waals surface area (Å²) in [5.74, 6) is 0.603. The summed E-state index contributed by atoms with van der Waals surface area (Å²) in [7, 11) is 0. The molecule has 23 heavy (non-hydrogen) atoms. The van der Waals surface area contributed by atoms with Crippen LogP contribution in [0.3, 0.4) is 0 Å². The van der Waals surface area contributed by atoms with E-state index >= 15 is 0 Å². The van der Waals surface area contributed by atoms with E-state index in [4.69, 9.17) is 4.42 Å². The maximum atomic E-state index is 12.1. The molecular formula is C17H20N2O4. The van der Waals surface area contributed by atoms with E-state index in [0.717, 1.165) is 0 Å². The topological polar surface area (TPSA) is 91.6 Å². The largest absolute Gasteiger partial charge is 0.463 e. The van der Waals surface area contributed by atoms with E-state index in [2.05, 4.69) is 10.6 Å². The van der Waals surface area contributed by atoms with Gasteiger partial charge in [0, 0.05) is 18.2 Å². The Morgan fingerprint density at radius 2 is 1.83 bits per heavy atom. The Labute approximate surface area is 134 Å². The first-order chi connectivity index (χ1) is 10.8. The Bertz CT molecular complexity index is 702. The molecule has 1 aromatic carbocycles. The van der Waals surface area contributed by atoms with E-state index in [-0.39, 0.29) is 18.4 Å². The summed E-state index contributed by atoms with van der Waals surface area (Å²) in [6.07, 6.45) is 0. The van der Waals surface area contributed by atoms with Gasteiger partial charge < -0.3 is 20.2 Å². The summed E-state index contributed by atoms with van der Waals surface area (Å²) in [6, 6.07) is 9.93. The molecule has 0 saturated carbocycles. The minimum Gasteiger partial charge on any atom is -0.463 e. The average molecular weight is 316 g/mol. The van der Waals surface area contributed by atoms with Crippen molar-refractivity contribution in [2.75, 3.05) is 11.9 Å². The summed E-state index contributed by atoms with van der Waals surface area (Å²) in [6.45, 7) is 4.80. The maximum Gasteiger partial charge on any atom is 0.251 e. The summed E-state index contributed by atoms with van der Waals surface area (Å²) < 4.78 is 5.40. The van der Waals surface area contributed by atoms with Crippen LogP contribution in [0.4, 0.5) is 5.69 Å². The van der Waals surface area contributed by atoms with Gasteiger partial charge in [0.05, 0.1) is 6.54 Å². The van der Waals surface area contributed by atoms with Crippen molar-refractivity contribution >= 4 is 17.5 Å². The highest BCUT2D eigenvalue weighted by Crippen LogP contribution is 2.22. The standard InChI is InChI=1S/C17H20N2O4/c1-11-4-9-15(23-11)17(3,22)10-18-16(21)13-5-7-14(8-6-13)19-12(2)20/h4-9,22H,10H2,1-3H3,(H,18,21)(H,19,20)/t17-/m1/s1. The van der Waals surface area contributed by atoms with Gasteiger partial charge in [0.15, 0.2) is 0 Å². The Hall–Kier alpha value is -2.60. The van der Waals surface area contributed by atoms with Crippen molar-refractivity contribution in [1.82, 2.24) is 5.32 Å². The van der Waals surface area contributed by atoms with Gasteiger partial charge in [-0.2, -0.15) is 0 Å². The van der Waals surface area contributed by atoms with Gasteiger partial charge in [-0.1, -0.05) is 0 Å². The molecule has 0 fully saturated rings. The third-order valence-electron chi connectivity index (χ3n) is 3.33. The highest BCUT2D eigenvalue weighted by Gasteiger charge is 2.27. The van der Waals surface area contributed by atoms with Crippen LogP contribution >= 0.6 is 0 Å². The first-order valence-corrected chi connectivity index (χ1v) is 7.23. The number of benzene rings is 1. The van der Waals surface area contributed by atoms with Gasteiger partial charge in [-0.25, -0.2) is 0 Å². The van der Waals surface area contributed by atoms with Crippen LogP contribution in [0.25, 0.3) is 0 Å². The van der Waals surface area contributed by atoms with E-state index < -0.39 is 5.60 Å². The molecule has 6 nitrogen and oxygen atoms in total. The monoisotopic (exact) mass is 316 g/mol. The highest BCUT2D eigenvalue weighted by molar-refractivity contribution is 5.95. The van der Waals surface area contributed by atoms with Crippen LogP contribution in [-0.4, -0.2) is 23.5 Å². The molecule has 0 aliphatic rings. The molecule has 6 heteroatoms. The lowest BCUT2D eigenvalue weighted by Crippen LogP contribution is -2.38. The number of furan rings is 1. The van der Waals surface area contributed by atoms with Crippen molar-refractivity contribution in [2.24, 2.45) is 0 Å². The number of carbonyl (C=O) groups is 2. The van der Waals surface area contributed by atoms with Crippen LogP contribution in [0.15, 0.2) is 40.8 Å². The van der Waals surface area contributed by atoms with Gasteiger partial charge in [-0.3, -0.25) is 9.59 Å². The first kappa shape index (κ1) is 16.8. The zero-order valence-corrected chi connectivity index (χ0v) is 13.3. The Balaban J connectivity index is 1.97. The van der Waals surface area contributed by atoms with Crippen LogP contribution in [0, 0.1) is 6.92 Å². The van der Waals surface area contributed by atoms with Crippen LogP contribution in [0.2, 0.25) is 0 Å². The number of amides is 2. The summed E-state index contributed by atoms with van der Waals surface area (Å²) in [5, 5.41) is 15.7. The molecular weight excluding hydrogens is 296 g/mol. The van der Waals surface area contributed by atoms with Crippen LogP contribution in [-0.2, 0) is 10.4 Å². The fraction of sp³-hybridized carbons (Fsp3) is 0.294. The van der Waals surface area contributed by atoms with Gasteiger partial charge in [0.2, 0.25) is 5.91 Å². The molecule has 1 atom stereocenters. The molecule has 122 valence electrons. The minimum atomic E-state index is -1.29. The lowest BCUT2D eigenvalue weighted by atomic mass is 10.0. The van der Waals surface area contributed by atoms with E-state index in [1.54, 1.807) is 50.2 Å². The SMILES string of the molecule is CC(=O)Nc1ccc(C(=O)NC[C@@](C)(O)c2ccc(C)o2)cc1. The molecule has 2 amide bonds. The molecule has 2 aromatic rings. The number of aliphatic hydroxyl groups is 1. The van der Waals surface area contributed by atoms with Gasteiger partial charge in [0.25, 0.3) is 5.91 Å². The van der Waals surface area contributed by atoms with Gasteiger partial charge in [0.1, 0.15) is 17.1 Å². The average Bonchev–Trinajstić information content (AvgIpc) is 2.92. The normalized spacial score (nSPS) is 13.2. The fourth-order valence-electron chi connectivity index (χ4n) is 2.07. The van der Waals surface area contributed by atoms with E-state index in [9.17, 15) is 14.7 Å². The third-order valence-corrected chi connectivity index (χ3v) is 3.33. The minimum absolute atomic E-state index is 0.0201. The molecule has 0 aliphatic carbocycles. The number of nitrogens with one attached hydrogen (secondary N) is 2. The Morgan fingerprint density at radius 1 is 1.17 bits per heavy atom. The van der Waals surface area contributed by atoms with E-state index in [1.807, 2.05) is 0 Å². The highest BCUT2D eigenvalue weighted by atomic mass is 16.4. The quantitative estimate of drug-likeness (QED) is 0.788. The zero-order chi connectivity index (χ0) is 17.0. The molecule has 1 heterocycles. The van der Waals surface area contributed by atoms with Crippen molar-refractivity contribution in [2.45, 2.75) is 26.4 Å². The molecule has 3 N–H and O–H groups in total. The van der Waals surface area contributed by atoms with Crippen molar-refractivity contribution < 1.29 is 19.1 Å². The second-order valence-electron chi connectivity index (χ2n) is 5.63. The number of anilines is 1. The van der Waals surface area contributed by atoms with Crippen molar-refractivity contribution in [1.29, 1.82) is 0 Å². The maximum absolute atomic E-state index is 12.1. The van der Waals surface area contributed by atoms with Crippen LogP contribution in [0.1, 0.15) is 35.7 Å². The van der Waals surface area contributed by atoms with Crippen molar-refractivity contribution in [3.8, 4) is 0 Å². The molecule has 0 saturated heterocycles. The third kappa shape index (κ3) is 4.43.